The summed E-state index contributed by atoms with van der Waals surface area (Å²) in [5.74, 6) is -0.380. The molecule has 1 heterocycles. The van der Waals surface area contributed by atoms with Gasteiger partial charge in [-0.2, -0.15) is 0 Å². The van der Waals surface area contributed by atoms with Crippen LogP contribution in [0.2, 0.25) is 5.02 Å². The Labute approximate surface area is 92.6 Å². The number of hydrogen-bond donors (Lipinski definition) is 1. The van der Waals surface area contributed by atoms with E-state index in [1.165, 1.54) is 18.2 Å². The Morgan fingerprint density at radius 2 is 2.00 bits per heavy atom. The second-order valence-electron chi connectivity index (χ2n) is 3.77. The smallest absolute Gasteiger partial charge is 0.123 e. The molecule has 0 atom stereocenters. The molecule has 0 bridgehead atoms. The van der Waals surface area contributed by atoms with E-state index in [4.69, 9.17) is 16.3 Å². The maximum atomic E-state index is 13.1. The van der Waals surface area contributed by atoms with Gasteiger partial charge in [0.05, 0.1) is 5.60 Å². The minimum atomic E-state index is -1.04. The van der Waals surface area contributed by atoms with E-state index in [0.717, 1.165) is 0 Å². The SMILES string of the molecule is OC1(c2cc(F)ccc2Cl)CCOCC1. The summed E-state index contributed by atoms with van der Waals surface area (Å²) in [6.07, 6.45) is 0.909. The Bertz CT molecular complexity index is 362. The molecule has 1 saturated heterocycles. The Morgan fingerprint density at radius 3 is 2.67 bits per heavy atom. The lowest BCUT2D eigenvalue weighted by molar-refractivity contribution is -0.0680. The average molecular weight is 231 g/mol. The highest BCUT2D eigenvalue weighted by atomic mass is 35.5. The van der Waals surface area contributed by atoms with Gasteiger partial charge in [-0.05, 0) is 18.2 Å². The zero-order chi connectivity index (χ0) is 10.9. The van der Waals surface area contributed by atoms with Crippen LogP contribution >= 0.6 is 11.6 Å². The molecular formula is C11H12ClFO2. The standard InChI is InChI=1S/C11H12ClFO2/c12-10-2-1-8(13)7-9(10)11(14)3-5-15-6-4-11/h1-2,7,14H,3-6H2. The van der Waals surface area contributed by atoms with E-state index in [1.54, 1.807) is 0 Å². The van der Waals surface area contributed by atoms with Crippen LogP contribution in [0.25, 0.3) is 0 Å². The van der Waals surface area contributed by atoms with Gasteiger partial charge >= 0.3 is 0 Å². The Kier molecular flexibility index (Phi) is 2.96. The zero-order valence-corrected chi connectivity index (χ0v) is 8.93. The van der Waals surface area contributed by atoms with Crippen molar-refractivity contribution in [1.29, 1.82) is 0 Å². The van der Waals surface area contributed by atoms with Crippen molar-refractivity contribution in [1.82, 2.24) is 0 Å². The van der Waals surface area contributed by atoms with E-state index in [2.05, 4.69) is 0 Å². The molecule has 0 aliphatic carbocycles. The summed E-state index contributed by atoms with van der Waals surface area (Å²) in [4.78, 5) is 0. The van der Waals surface area contributed by atoms with Crippen LogP contribution in [-0.4, -0.2) is 18.3 Å². The van der Waals surface area contributed by atoms with E-state index in [9.17, 15) is 9.50 Å². The molecule has 0 unspecified atom stereocenters. The maximum Gasteiger partial charge on any atom is 0.123 e. The first-order valence-corrected chi connectivity index (χ1v) is 5.25. The third-order valence-electron chi connectivity index (χ3n) is 2.75. The molecule has 2 rings (SSSR count). The molecule has 1 aromatic rings. The number of aliphatic hydroxyl groups is 1. The first-order chi connectivity index (χ1) is 7.12. The van der Waals surface area contributed by atoms with Crippen molar-refractivity contribution in [3.8, 4) is 0 Å². The normalized spacial score (nSPS) is 20.2. The number of halogens is 2. The van der Waals surface area contributed by atoms with Gasteiger partial charge < -0.3 is 9.84 Å². The van der Waals surface area contributed by atoms with Gasteiger partial charge in [0, 0.05) is 36.6 Å². The fourth-order valence-corrected chi connectivity index (χ4v) is 2.13. The lowest BCUT2D eigenvalue weighted by Gasteiger charge is -2.33. The third kappa shape index (κ3) is 2.14. The number of benzene rings is 1. The molecule has 15 heavy (non-hydrogen) atoms. The van der Waals surface area contributed by atoms with Gasteiger partial charge in [0.1, 0.15) is 5.82 Å². The van der Waals surface area contributed by atoms with E-state index in [-0.39, 0.29) is 5.82 Å². The first kappa shape index (κ1) is 10.9. The van der Waals surface area contributed by atoms with Gasteiger partial charge in [0.25, 0.3) is 0 Å². The van der Waals surface area contributed by atoms with Crippen molar-refractivity contribution in [2.24, 2.45) is 0 Å². The summed E-state index contributed by atoms with van der Waals surface area (Å²) in [7, 11) is 0. The van der Waals surface area contributed by atoms with Crippen LogP contribution in [0.4, 0.5) is 4.39 Å². The fraction of sp³-hybridized carbons (Fsp3) is 0.455. The van der Waals surface area contributed by atoms with Gasteiger partial charge in [0.15, 0.2) is 0 Å². The molecular weight excluding hydrogens is 219 g/mol. The van der Waals surface area contributed by atoms with Gasteiger partial charge in [-0.1, -0.05) is 11.6 Å². The third-order valence-corrected chi connectivity index (χ3v) is 3.08. The van der Waals surface area contributed by atoms with Crippen molar-refractivity contribution >= 4 is 11.6 Å². The van der Waals surface area contributed by atoms with Crippen molar-refractivity contribution in [3.63, 3.8) is 0 Å². The molecule has 0 saturated carbocycles. The van der Waals surface area contributed by atoms with Gasteiger partial charge in [-0.15, -0.1) is 0 Å². The number of ether oxygens (including phenoxy) is 1. The average Bonchev–Trinajstić information content (AvgIpc) is 2.23. The maximum absolute atomic E-state index is 13.1. The molecule has 1 N–H and O–H groups in total. The Morgan fingerprint density at radius 1 is 1.33 bits per heavy atom. The van der Waals surface area contributed by atoms with E-state index < -0.39 is 5.60 Å². The summed E-state index contributed by atoms with van der Waals surface area (Å²) in [5.41, 5.74) is -0.579. The van der Waals surface area contributed by atoms with Crippen LogP contribution in [0.1, 0.15) is 18.4 Å². The van der Waals surface area contributed by atoms with E-state index in [0.29, 0.717) is 36.6 Å². The van der Waals surface area contributed by atoms with E-state index in [1.807, 2.05) is 0 Å². The Balaban J connectivity index is 2.38. The lowest BCUT2D eigenvalue weighted by Crippen LogP contribution is -2.33. The summed E-state index contributed by atoms with van der Waals surface area (Å²) in [6, 6.07) is 4.06. The summed E-state index contributed by atoms with van der Waals surface area (Å²) >= 11 is 5.95. The van der Waals surface area contributed by atoms with Crippen LogP contribution in [0.3, 0.4) is 0 Å². The molecule has 0 amide bonds. The molecule has 82 valence electrons. The molecule has 4 heteroatoms. The van der Waals surface area contributed by atoms with Crippen LogP contribution in [0.5, 0.6) is 0 Å². The minimum absolute atomic E-state index is 0.380. The second-order valence-corrected chi connectivity index (χ2v) is 4.18. The highest BCUT2D eigenvalue weighted by molar-refractivity contribution is 6.31. The van der Waals surface area contributed by atoms with Crippen molar-refractivity contribution < 1.29 is 14.2 Å². The molecule has 1 aromatic carbocycles. The van der Waals surface area contributed by atoms with Crippen LogP contribution in [-0.2, 0) is 10.3 Å². The van der Waals surface area contributed by atoms with Crippen LogP contribution in [0, 0.1) is 5.82 Å². The number of hydrogen-bond acceptors (Lipinski definition) is 2. The van der Waals surface area contributed by atoms with Crippen molar-refractivity contribution in [2.75, 3.05) is 13.2 Å². The summed E-state index contributed by atoms with van der Waals surface area (Å²) < 4.78 is 18.2. The monoisotopic (exact) mass is 230 g/mol. The Hall–Kier alpha value is -0.640. The molecule has 1 fully saturated rings. The molecule has 0 radical (unpaired) electrons. The van der Waals surface area contributed by atoms with Gasteiger partial charge in [-0.3, -0.25) is 0 Å². The van der Waals surface area contributed by atoms with Gasteiger partial charge in [0.2, 0.25) is 0 Å². The molecule has 0 spiro atoms. The summed E-state index contributed by atoms with van der Waals surface area (Å²) in [6.45, 7) is 0.951. The van der Waals surface area contributed by atoms with Gasteiger partial charge in [-0.25, -0.2) is 4.39 Å². The lowest BCUT2D eigenvalue weighted by atomic mass is 9.86. The minimum Gasteiger partial charge on any atom is -0.385 e. The van der Waals surface area contributed by atoms with Crippen LogP contribution < -0.4 is 0 Å². The predicted molar refractivity (Wildman–Crippen MR) is 55.4 cm³/mol. The zero-order valence-electron chi connectivity index (χ0n) is 8.17. The molecule has 1 aliphatic rings. The number of rotatable bonds is 1. The second kappa shape index (κ2) is 4.08. The molecule has 0 aromatic heterocycles. The first-order valence-electron chi connectivity index (χ1n) is 4.87. The fourth-order valence-electron chi connectivity index (χ4n) is 1.83. The van der Waals surface area contributed by atoms with Crippen molar-refractivity contribution in [2.45, 2.75) is 18.4 Å². The quantitative estimate of drug-likeness (QED) is 0.803. The predicted octanol–water partition coefficient (Wildman–Crippen LogP) is 2.48. The van der Waals surface area contributed by atoms with Crippen molar-refractivity contribution in [3.05, 3.63) is 34.6 Å². The van der Waals surface area contributed by atoms with E-state index >= 15 is 0 Å². The highest BCUT2D eigenvalue weighted by Gasteiger charge is 2.33. The largest absolute Gasteiger partial charge is 0.385 e. The molecule has 1 aliphatic heterocycles. The summed E-state index contributed by atoms with van der Waals surface area (Å²) in [5, 5.41) is 10.7. The topological polar surface area (TPSA) is 29.5 Å². The highest BCUT2D eigenvalue weighted by Crippen LogP contribution is 2.36. The molecule has 2 nitrogen and oxygen atoms in total. The van der Waals surface area contributed by atoms with Crippen LogP contribution in [0.15, 0.2) is 18.2 Å².